The van der Waals surface area contributed by atoms with Crippen LogP contribution in [0.1, 0.15) is 11.3 Å². The quantitative estimate of drug-likeness (QED) is 0.376. The smallest absolute Gasteiger partial charge is 0.275 e. The third-order valence-electron chi connectivity index (χ3n) is 6.04. The third kappa shape index (κ3) is 5.12. The van der Waals surface area contributed by atoms with Gasteiger partial charge in [-0.25, -0.2) is 13.5 Å². The molecule has 1 aliphatic rings. The summed E-state index contributed by atoms with van der Waals surface area (Å²) in [4.78, 5) is 27.5. The van der Waals surface area contributed by atoms with Gasteiger partial charge in [-0.1, -0.05) is 18.2 Å². The molecule has 0 atom stereocenters. The number of nitriles is 1. The minimum Gasteiger partial charge on any atom is -0.486 e. The van der Waals surface area contributed by atoms with E-state index >= 15 is 0 Å². The molecule has 2 aromatic heterocycles. The molecule has 2 aromatic carbocycles. The Balaban J connectivity index is 1.49. The second-order valence-corrected chi connectivity index (χ2v) is 8.50. The van der Waals surface area contributed by atoms with Crippen LogP contribution < -0.4 is 10.3 Å². The van der Waals surface area contributed by atoms with Gasteiger partial charge in [0, 0.05) is 30.1 Å². The Morgan fingerprint density at radius 3 is 2.65 bits per heavy atom. The van der Waals surface area contributed by atoms with Gasteiger partial charge in [-0.3, -0.25) is 14.3 Å². The number of carbonyl (C=O) groups excluding carboxylic acids is 1. The first-order chi connectivity index (χ1) is 17.9. The van der Waals surface area contributed by atoms with Crippen LogP contribution in [0.3, 0.4) is 0 Å². The first kappa shape index (κ1) is 24.3. The van der Waals surface area contributed by atoms with Crippen LogP contribution in [0, 0.1) is 11.3 Å². The van der Waals surface area contributed by atoms with Crippen molar-refractivity contribution in [1.29, 1.82) is 5.26 Å². The van der Waals surface area contributed by atoms with Crippen LogP contribution in [0.4, 0.5) is 8.78 Å². The zero-order valence-corrected chi connectivity index (χ0v) is 19.6. The number of nitrogens with zero attached hydrogens (tertiary/aromatic N) is 6. The lowest BCUT2D eigenvalue weighted by molar-refractivity contribution is -0.136. The molecule has 190 valence electrons. The minimum atomic E-state index is -2.67. The van der Waals surface area contributed by atoms with Gasteiger partial charge in [0.05, 0.1) is 41.9 Å². The zero-order valence-electron chi connectivity index (χ0n) is 19.6. The molecule has 1 fully saturated rings. The van der Waals surface area contributed by atoms with E-state index in [1.165, 1.54) is 16.8 Å². The second-order valence-electron chi connectivity index (χ2n) is 8.50. The highest BCUT2D eigenvalue weighted by molar-refractivity contribution is 5.85. The molecule has 0 aliphatic carbocycles. The molecule has 1 saturated heterocycles. The van der Waals surface area contributed by atoms with E-state index in [4.69, 9.17) is 9.47 Å². The topological polar surface area (TPSA) is 115 Å². The molecule has 0 unspecified atom stereocenters. The van der Waals surface area contributed by atoms with Crippen molar-refractivity contribution >= 4 is 27.6 Å². The van der Waals surface area contributed by atoms with E-state index in [0.29, 0.717) is 53.7 Å². The lowest BCUT2D eigenvalue weighted by Crippen LogP contribution is -2.44. The van der Waals surface area contributed by atoms with Crippen molar-refractivity contribution in [3.8, 4) is 11.8 Å². The Morgan fingerprint density at radius 2 is 1.92 bits per heavy atom. The fourth-order valence-electron chi connectivity index (χ4n) is 4.27. The molecule has 5 rings (SSSR count). The largest absolute Gasteiger partial charge is 0.486 e. The Labute approximate surface area is 209 Å². The van der Waals surface area contributed by atoms with Gasteiger partial charge in [0.25, 0.3) is 12.0 Å². The number of aromatic nitrogens is 4. The normalized spacial score (nSPS) is 13.8. The molecule has 0 spiro atoms. The zero-order chi connectivity index (χ0) is 25.9. The lowest BCUT2D eigenvalue weighted by atomic mass is 10.1. The van der Waals surface area contributed by atoms with Crippen LogP contribution in [-0.2, 0) is 22.6 Å². The highest BCUT2D eigenvalue weighted by Crippen LogP contribution is 2.26. The van der Waals surface area contributed by atoms with E-state index in [2.05, 4.69) is 10.2 Å². The van der Waals surface area contributed by atoms with Gasteiger partial charge in [-0.15, -0.1) is 0 Å². The molecule has 3 heterocycles. The number of rotatable bonds is 7. The highest BCUT2D eigenvalue weighted by atomic mass is 19.3. The summed E-state index contributed by atoms with van der Waals surface area (Å²) in [7, 11) is 0. The van der Waals surface area contributed by atoms with Gasteiger partial charge in [-0.05, 0) is 18.2 Å². The van der Waals surface area contributed by atoms with Crippen LogP contribution in [-0.4, -0.2) is 69.7 Å². The number of hydrogen-bond acceptors (Lipinski definition) is 7. The number of amides is 1. The van der Waals surface area contributed by atoms with Crippen LogP contribution in [0.2, 0.25) is 0 Å². The first-order valence-corrected chi connectivity index (χ1v) is 11.6. The molecule has 0 radical (unpaired) electrons. The fraction of sp³-hybridized carbons (Fsp3) is 0.320. The first-order valence-electron chi connectivity index (χ1n) is 11.6. The van der Waals surface area contributed by atoms with Gasteiger partial charge in [0.2, 0.25) is 5.91 Å². The van der Waals surface area contributed by atoms with Gasteiger partial charge < -0.3 is 14.4 Å². The predicted molar refractivity (Wildman–Crippen MR) is 128 cm³/mol. The van der Waals surface area contributed by atoms with Crippen molar-refractivity contribution in [2.75, 3.05) is 32.9 Å². The lowest BCUT2D eigenvalue weighted by Gasteiger charge is -2.27. The van der Waals surface area contributed by atoms with E-state index in [9.17, 15) is 23.6 Å². The summed E-state index contributed by atoms with van der Waals surface area (Å²) < 4.78 is 38.3. The second kappa shape index (κ2) is 10.3. The summed E-state index contributed by atoms with van der Waals surface area (Å²) in [5.74, 6) is -0.169. The summed E-state index contributed by atoms with van der Waals surface area (Å²) in [6.45, 7) is 0.960. The standard InChI is InChI=1S/C25H22F2N6O4/c26-23(27)15-37-22-10-17-12-32(29-20(17)9-16(22)11-28)13-21-18-3-1-2-4-19(18)25(35)33(30-21)14-24(34)31-5-7-36-8-6-31/h1-4,9-10,12,23H,5-8,13-15H2. The number of morpholine rings is 1. The van der Waals surface area contributed by atoms with Crippen LogP contribution in [0.5, 0.6) is 5.75 Å². The van der Waals surface area contributed by atoms with Crippen LogP contribution in [0.25, 0.3) is 21.7 Å². The maximum atomic E-state index is 13.1. The molecular formula is C25H22F2N6O4. The molecule has 0 bridgehead atoms. The number of fused-ring (bicyclic) bond motifs is 2. The van der Waals surface area contributed by atoms with Gasteiger partial charge in [0.1, 0.15) is 25.0 Å². The molecule has 37 heavy (non-hydrogen) atoms. The average Bonchev–Trinajstić information content (AvgIpc) is 3.31. The predicted octanol–water partition coefficient (Wildman–Crippen LogP) is 2.17. The number of benzene rings is 2. The summed E-state index contributed by atoms with van der Waals surface area (Å²) in [5.41, 5.74) is 0.719. The van der Waals surface area contributed by atoms with Crippen LogP contribution in [0.15, 0.2) is 47.4 Å². The third-order valence-corrected chi connectivity index (χ3v) is 6.04. The Bertz CT molecular complexity index is 1570. The summed E-state index contributed by atoms with van der Waals surface area (Å²) in [6.07, 6.45) is -0.994. The van der Waals surface area contributed by atoms with E-state index in [1.807, 2.05) is 6.07 Å². The molecule has 4 aromatic rings. The molecule has 1 amide bonds. The van der Waals surface area contributed by atoms with Crippen molar-refractivity contribution in [3.63, 3.8) is 0 Å². The van der Waals surface area contributed by atoms with E-state index in [-0.39, 0.29) is 35.9 Å². The van der Waals surface area contributed by atoms with Crippen molar-refractivity contribution in [1.82, 2.24) is 24.5 Å². The molecule has 0 saturated carbocycles. The summed E-state index contributed by atoms with van der Waals surface area (Å²) >= 11 is 0. The maximum Gasteiger partial charge on any atom is 0.275 e. The highest BCUT2D eigenvalue weighted by Gasteiger charge is 2.20. The molecule has 0 N–H and O–H groups in total. The van der Waals surface area contributed by atoms with Crippen molar-refractivity contribution in [2.24, 2.45) is 0 Å². The summed E-state index contributed by atoms with van der Waals surface area (Å²) in [6, 6.07) is 11.9. The van der Waals surface area contributed by atoms with Gasteiger partial charge in [0.15, 0.2) is 0 Å². The van der Waals surface area contributed by atoms with Crippen molar-refractivity contribution < 1.29 is 23.0 Å². The molecule has 1 aliphatic heterocycles. The van der Waals surface area contributed by atoms with E-state index in [1.54, 1.807) is 40.0 Å². The summed E-state index contributed by atoms with van der Waals surface area (Å²) in [5, 5.41) is 20.0. The molecular weight excluding hydrogens is 486 g/mol. The van der Waals surface area contributed by atoms with Gasteiger partial charge in [-0.2, -0.15) is 15.5 Å². The molecule has 12 heteroatoms. The fourth-order valence-corrected chi connectivity index (χ4v) is 4.27. The van der Waals surface area contributed by atoms with Crippen molar-refractivity contribution in [2.45, 2.75) is 19.5 Å². The number of carbonyl (C=O) groups is 1. The maximum absolute atomic E-state index is 13.1. The molecule has 10 nitrogen and oxygen atoms in total. The minimum absolute atomic E-state index is 0.0496. The van der Waals surface area contributed by atoms with Crippen molar-refractivity contribution in [3.05, 3.63) is 64.2 Å². The Kier molecular flexibility index (Phi) is 6.78. The number of ether oxygens (including phenoxy) is 2. The SMILES string of the molecule is N#Cc1cc2nn(Cc3nn(CC(=O)N4CCOCC4)c(=O)c4ccccc34)cc2cc1OCC(F)F. The van der Waals surface area contributed by atoms with Gasteiger partial charge >= 0.3 is 0 Å². The Hall–Kier alpha value is -4.37. The van der Waals surface area contributed by atoms with Crippen LogP contribution >= 0.6 is 0 Å². The number of halogens is 2. The number of alkyl halides is 2. The number of hydrogen-bond donors (Lipinski definition) is 0. The van der Waals surface area contributed by atoms with E-state index < -0.39 is 13.0 Å². The van der Waals surface area contributed by atoms with E-state index in [0.717, 1.165) is 0 Å². The monoisotopic (exact) mass is 508 g/mol. The average molecular weight is 508 g/mol. The Morgan fingerprint density at radius 1 is 1.16 bits per heavy atom.